The molecule has 0 aromatic heterocycles. The number of hydrogen-bond donors (Lipinski definition) is 1. The van der Waals surface area contributed by atoms with E-state index in [1.165, 1.54) is 6.07 Å². The van der Waals surface area contributed by atoms with E-state index >= 15 is 0 Å². The number of carbonyl (C=O) groups is 3. The summed E-state index contributed by atoms with van der Waals surface area (Å²) in [6, 6.07) is 23.9. The molecule has 1 aliphatic rings. The Hall–Kier alpha value is -3.44. The lowest BCUT2D eigenvalue weighted by atomic mass is 9.82. The summed E-state index contributed by atoms with van der Waals surface area (Å²) in [6.07, 6.45) is 0. The van der Waals surface area contributed by atoms with Crippen molar-refractivity contribution < 1.29 is 14.4 Å². The van der Waals surface area contributed by atoms with E-state index in [0.717, 1.165) is 4.90 Å². The number of hydrogen-bond acceptors (Lipinski definition) is 3. The summed E-state index contributed by atoms with van der Waals surface area (Å²) in [5, 5.41) is 3.24. The molecular formula is C23H17ClN2O3. The third-order valence-electron chi connectivity index (χ3n) is 4.97. The predicted molar refractivity (Wildman–Crippen MR) is 110 cm³/mol. The molecule has 4 rings (SSSR count). The number of nitrogens with one attached hydrogen (secondary N) is 1. The van der Waals surface area contributed by atoms with Crippen molar-refractivity contribution in [2.24, 2.45) is 0 Å². The van der Waals surface area contributed by atoms with E-state index in [1.807, 2.05) is 12.1 Å². The lowest BCUT2D eigenvalue weighted by molar-refractivity contribution is -0.129. The molecule has 0 radical (unpaired) electrons. The van der Waals surface area contributed by atoms with Gasteiger partial charge >= 0.3 is 6.03 Å². The van der Waals surface area contributed by atoms with E-state index in [4.69, 9.17) is 11.6 Å². The Bertz CT molecular complexity index is 1040. The molecule has 1 fully saturated rings. The Balaban J connectivity index is 1.73. The average Bonchev–Trinajstić information content (AvgIpc) is 3.00. The average molecular weight is 405 g/mol. The number of halogens is 1. The smallest absolute Gasteiger partial charge is 0.315 e. The van der Waals surface area contributed by atoms with Gasteiger partial charge in [0.05, 0.1) is 6.54 Å². The molecule has 0 bridgehead atoms. The van der Waals surface area contributed by atoms with Crippen LogP contribution in [0.1, 0.15) is 21.5 Å². The fraction of sp³-hybridized carbons (Fsp3) is 0.0870. The Labute approximate surface area is 172 Å². The zero-order valence-corrected chi connectivity index (χ0v) is 16.1. The van der Waals surface area contributed by atoms with Crippen LogP contribution in [0, 0.1) is 0 Å². The largest absolute Gasteiger partial charge is 0.325 e. The van der Waals surface area contributed by atoms with Crippen LogP contribution in [0.2, 0.25) is 5.02 Å². The summed E-state index contributed by atoms with van der Waals surface area (Å²) >= 11 is 5.96. The Kier molecular flexibility index (Phi) is 4.91. The zero-order valence-electron chi connectivity index (χ0n) is 15.3. The first-order valence-corrected chi connectivity index (χ1v) is 9.44. The molecule has 29 heavy (non-hydrogen) atoms. The van der Waals surface area contributed by atoms with Gasteiger partial charge in [0.1, 0.15) is 0 Å². The van der Waals surface area contributed by atoms with Gasteiger partial charge in [-0.1, -0.05) is 84.4 Å². The first-order chi connectivity index (χ1) is 14.0. The van der Waals surface area contributed by atoms with E-state index in [-0.39, 0.29) is 12.3 Å². The van der Waals surface area contributed by atoms with Gasteiger partial charge in [-0.15, -0.1) is 0 Å². The number of imide groups is 1. The molecule has 1 saturated heterocycles. The Morgan fingerprint density at radius 1 is 0.862 bits per heavy atom. The quantitative estimate of drug-likeness (QED) is 0.516. The molecular weight excluding hydrogens is 388 g/mol. The standard InChI is InChI=1S/C23H17ClN2O3/c24-19-13-7-8-16(14-19)20(27)15-26-21(28)23(25-22(26)29,17-9-3-1-4-10-17)18-11-5-2-6-12-18/h1-14H,15H2,(H,25,29). The van der Waals surface area contributed by atoms with E-state index in [9.17, 15) is 14.4 Å². The van der Waals surface area contributed by atoms with Crippen molar-refractivity contribution in [1.29, 1.82) is 0 Å². The summed E-state index contributed by atoms with van der Waals surface area (Å²) in [7, 11) is 0. The number of benzene rings is 3. The van der Waals surface area contributed by atoms with Crippen LogP contribution >= 0.6 is 11.6 Å². The number of Topliss-reactive ketones (excluding diaryl/α,β-unsaturated/α-hetero) is 1. The lowest BCUT2D eigenvalue weighted by Gasteiger charge is -2.28. The topological polar surface area (TPSA) is 66.5 Å². The number of carbonyl (C=O) groups excluding carboxylic acids is 3. The molecule has 5 nitrogen and oxygen atoms in total. The first kappa shape index (κ1) is 18.9. The minimum absolute atomic E-state index is 0.343. The number of ketones is 1. The summed E-state index contributed by atoms with van der Waals surface area (Å²) < 4.78 is 0. The van der Waals surface area contributed by atoms with Crippen molar-refractivity contribution in [3.63, 3.8) is 0 Å². The third kappa shape index (κ3) is 3.30. The molecule has 3 amide bonds. The third-order valence-corrected chi connectivity index (χ3v) is 5.20. The van der Waals surface area contributed by atoms with E-state index in [1.54, 1.807) is 66.7 Å². The molecule has 6 heteroatoms. The fourth-order valence-electron chi connectivity index (χ4n) is 3.55. The molecule has 0 saturated carbocycles. The van der Waals surface area contributed by atoms with Gasteiger partial charge in [-0.3, -0.25) is 14.5 Å². The maximum absolute atomic E-state index is 13.5. The van der Waals surface area contributed by atoms with Crippen molar-refractivity contribution >= 4 is 29.3 Å². The normalized spacial score (nSPS) is 15.3. The zero-order chi connectivity index (χ0) is 20.4. The molecule has 1 aliphatic heterocycles. The van der Waals surface area contributed by atoms with Gasteiger partial charge < -0.3 is 5.32 Å². The molecule has 0 spiro atoms. The second-order valence-corrected chi connectivity index (χ2v) is 7.17. The van der Waals surface area contributed by atoms with Crippen LogP contribution in [-0.4, -0.2) is 29.2 Å². The van der Waals surface area contributed by atoms with Gasteiger partial charge in [-0.2, -0.15) is 0 Å². The predicted octanol–water partition coefficient (Wildman–Crippen LogP) is 4.02. The number of urea groups is 1. The van der Waals surface area contributed by atoms with Gasteiger partial charge in [0.25, 0.3) is 5.91 Å². The molecule has 1 heterocycles. The van der Waals surface area contributed by atoms with Gasteiger partial charge in [0, 0.05) is 10.6 Å². The monoisotopic (exact) mass is 404 g/mol. The van der Waals surface area contributed by atoms with Crippen molar-refractivity contribution in [3.05, 3.63) is 107 Å². The van der Waals surface area contributed by atoms with Crippen molar-refractivity contribution in [1.82, 2.24) is 10.2 Å². The summed E-state index contributed by atoms with van der Waals surface area (Å²) in [5.74, 6) is -0.858. The van der Waals surface area contributed by atoms with E-state index in [0.29, 0.717) is 21.7 Å². The van der Waals surface area contributed by atoms with Crippen LogP contribution in [0.25, 0.3) is 0 Å². The Morgan fingerprint density at radius 3 is 2.00 bits per heavy atom. The summed E-state index contributed by atoms with van der Waals surface area (Å²) in [5.41, 5.74) is 0.216. The van der Waals surface area contributed by atoms with Crippen LogP contribution in [0.4, 0.5) is 4.79 Å². The highest BCUT2D eigenvalue weighted by atomic mass is 35.5. The van der Waals surface area contributed by atoms with Gasteiger partial charge in [-0.05, 0) is 23.3 Å². The second kappa shape index (κ2) is 7.53. The van der Waals surface area contributed by atoms with Crippen LogP contribution < -0.4 is 5.32 Å². The number of amides is 3. The molecule has 144 valence electrons. The number of nitrogens with zero attached hydrogens (tertiary/aromatic N) is 1. The molecule has 0 atom stereocenters. The minimum atomic E-state index is -1.38. The highest BCUT2D eigenvalue weighted by Gasteiger charge is 2.53. The fourth-order valence-corrected chi connectivity index (χ4v) is 3.74. The van der Waals surface area contributed by atoms with Crippen molar-refractivity contribution in [2.45, 2.75) is 5.54 Å². The minimum Gasteiger partial charge on any atom is -0.315 e. The van der Waals surface area contributed by atoms with Crippen LogP contribution in [0.15, 0.2) is 84.9 Å². The molecule has 3 aromatic carbocycles. The molecule has 1 N–H and O–H groups in total. The van der Waals surface area contributed by atoms with E-state index < -0.39 is 17.5 Å². The number of rotatable bonds is 5. The highest BCUT2D eigenvalue weighted by molar-refractivity contribution is 6.31. The van der Waals surface area contributed by atoms with Gasteiger partial charge in [0.15, 0.2) is 11.3 Å². The maximum atomic E-state index is 13.5. The molecule has 0 unspecified atom stereocenters. The second-order valence-electron chi connectivity index (χ2n) is 6.74. The Morgan fingerprint density at radius 2 is 1.45 bits per heavy atom. The molecule has 0 aliphatic carbocycles. The summed E-state index contributed by atoms with van der Waals surface area (Å²) in [6.45, 7) is -0.369. The maximum Gasteiger partial charge on any atom is 0.325 e. The van der Waals surface area contributed by atoms with E-state index in [2.05, 4.69) is 5.32 Å². The van der Waals surface area contributed by atoms with Gasteiger partial charge in [-0.25, -0.2) is 4.79 Å². The highest BCUT2D eigenvalue weighted by Crippen LogP contribution is 2.36. The van der Waals surface area contributed by atoms with Crippen LogP contribution in [0.5, 0.6) is 0 Å². The molecule has 3 aromatic rings. The summed E-state index contributed by atoms with van der Waals surface area (Å²) in [4.78, 5) is 40.0. The van der Waals surface area contributed by atoms with Gasteiger partial charge in [0.2, 0.25) is 0 Å². The van der Waals surface area contributed by atoms with Crippen molar-refractivity contribution in [2.75, 3.05) is 6.54 Å². The van der Waals surface area contributed by atoms with Crippen LogP contribution in [-0.2, 0) is 10.3 Å². The first-order valence-electron chi connectivity index (χ1n) is 9.06. The van der Waals surface area contributed by atoms with Crippen molar-refractivity contribution in [3.8, 4) is 0 Å². The van der Waals surface area contributed by atoms with Crippen LogP contribution in [0.3, 0.4) is 0 Å². The SMILES string of the molecule is O=C(CN1C(=O)NC(c2ccccc2)(c2ccccc2)C1=O)c1cccc(Cl)c1. The lowest BCUT2D eigenvalue weighted by Crippen LogP contribution is -2.45.